The Morgan fingerprint density at radius 3 is 2.88 bits per heavy atom. The summed E-state index contributed by atoms with van der Waals surface area (Å²) in [6.45, 7) is 2.52. The molecule has 1 aromatic carbocycles. The Morgan fingerprint density at radius 1 is 1.38 bits per heavy atom. The number of nitrogens with zero attached hydrogens (tertiary/aromatic N) is 2. The topological polar surface area (TPSA) is 67.2 Å². The Morgan fingerprint density at radius 2 is 2.15 bits per heavy atom. The molecule has 0 fully saturated rings. The van der Waals surface area contributed by atoms with E-state index < -0.39 is 0 Å². The van der Waals surface area contributed by atoms with E-state index in [0.717, 1.165) is 35.0 Å². The molecule has 1 aliphatic rings. The molecule has 136 valence electrons. The van der Waals surface area contributed by atoms with E-state index in [1.54, 1.807) is 28.0 Å². The van der Waals surface area contributed by atoms with Crippen LogP contribution in [0.2, 0.25) is 5.02 Å². The van der Waals surface area contributed by atoms with Crippen LogP contribution in [0.4, 0.5) is 5.95 Å². The summed E-state index contributed by atoms with van der Waals surface area (Å²) in [6.07, 6.45) is 3.09. The minimum atomic E-state index is -0.0654. The van der Waals surface area contributed by atoms with Crippen molar-refractivity contribution >= 4 is 39.1 Å². The van der Waals surface area contributed by atoms with Crippen molar-refractivity contribution in [3.63, 3.8) is 0 Å². The second-order valence-electron chi connectivity index (χ2n) is 6.73. The predicted molar refractivity (Wildman–Crippen MR) is 107 cm³/mol. The largest absolute Gasteiger partial charge is 0.395 e. The summed E-state index contributed by atoms with van der Waals surface area (Å²) in [4.78, 5) is 20.2. The van der Waals surface area contributed by atoms with E-state index in [9.17, 15) is 9.90 Å². The van der Waals surface area contributed by atoms with E-state index in [0.29, 0.717) is 29.1 Å². The highest BCUT2D eigenvalue weighted by molar-refractivity contribution is 7.18. The summed E-state index contributed by atoms with van der Waals surface area (Å²) >= 11 is 7.62. The number of benzene rings is 1. The number of halogens is 1. The van der Waals surface area contributed by atoms with Crippen LogP contribution in [0.15, 0.2) is 29.1 Å². The van der Waals surface area contributed by atoms with Gasteiger partial charge in [0.25, 0.3) is 5.56 Å². The number of thiophene rings is 1. The Balaban J connectivity index is 1.97. The standard InChI is InChI=1S/C19H20ClN3O2S/c1-11-2-7-15-14(10-11)16-17(26-15)22-19(21-8-9-24)23(18(16)25)13-5-3-12(20)4-6-13/h3-6,11,24H,2,7-10H2,1H3,(H,21,22)/t11-/m0/s1. The van der Waals surface area contributed by atoms with Gasteiger partial charge in [-0.3, -0.25) is 4.79 Å². The zero-order valence-corrected chi connectivity index (χ0v) is 16.0. The number of aliphatic hydroxyl groups is 1. The van der Waals surface area contributed by atoms with Crippen molar-refractivity contribution < 1.29 is 5.11 Å². The number of nitrogens with one attached hydrogen (secondary N) is 1. The number of aliphatic hydroxyl groups excluding tert-OH is 1. The molecule has 7 heteroatoms. The van der Waals surface area contributed by atoms with Crippen LogP contribution in [-0.4, -0.2) is 27.8 Å². The predicted octanol–water partition coefficient (Wildman–Crippen LogP) is 3.63. The average Bonchev–Trinajstić information content (AvgIpc) is 2.99. The monoisotopic (exact) mass is 389 g/mol. The molecule has 0 saturated carbocycles. The zero-order chi connectivity index (χ0) is 18.3. The minimum Gasteiger partial charge on any atom is -0.395 e. The van der Waals surface area contributed by atoms with Gasteiger partial charge in [0.1, 0.15) is 4.83 Å². The van der Waals surface area contributed by atoms with Gasteiger partial charge in [0.15, 0.2) is 0 Å². The second kappa shape index (κ2) is 7.02. The second-order valence-corrected chi connectivity index (χ2v) is 8.25. The van der Waals surface area contributed by atoms with Crippen LogP contribution < -0.4 is 10.9 Å². The lowest BCUT2D eigenvalue weighted by atomic mass is 9.89. The van der Waals surface area contributed by atoms with Crippen LogP contribution in [0.25, 0.3) is 15.9 Å². The Hall–Kier alpha value is -1.89. The first-order valence-corrected chi connectivity index (χ1v) is 9.96. The van der Waals surface area contributed by atoms with E-state index in [1.165, 1.54) is 4.88 Å². The lowest BCUT2D eigenvalue weighted by Gasteiger charge is -2.18. The molecule has 3 aromatic rings. The first-order chi connectivity index (χ1) is 12.6. The van der Waals surface area contributed by atoms with Crippen molar-refractivity contribution in [1.29, 1.82) is 0 Å². The maximum atomic E-state index is 13.4. The SMILES string of the molecule is C[C@H]1CCc2sc3nc(NCCO)n(-c4ccc(Cl)cc4)c(=O)c3c2C1. The quantitative estimate of drug-likeness (QED) is 0.715. The summed E-state index contributed by atoms with van der Waals surface area (Å²) in [7, 11) is 0. The molecular weight excluding hydrogens is 370 g/mol. The van der Waals surface area contributed by atoms with Gasteiger partial charge in [-0.1, -0.05) is 18.5 Å². The Labute approximate surface area is 160 Å². The van der Waals surface area contributed by atoms with Gasteiger partial charge >= 0.3 is 0 Å². The molecule has 2 aromatic heterocycles. The van der Waals surface area contributed by atoms with Crippen LogP contribution >= 0.6 is 22.9 Å². The molecule has 0 spiro atoms. The van der Waals surface area contributed by atoms with Crippen molar-refractivity contribution in [2.75, 3.05) is 18.5 Å². The highest BCUT2D eigenvalue weighted by atomic mass is 35.5. The van der Waals surface area contributed by atoms with Crippen LogP contribution in [-0.2, 0) is 12.8 Å². The molecule has 0 aliphatic heterocycles. The van der Waals surface area contributed by atoms with Crippen molar-refractivity contribution in [3.05, 3.63) is 50.1 Å². The van der Waals surface area contributed by atoms with Gasteiger partial charge in [-0.2, -0.15) is 0 Å². The Bertz CT molecular complexity index is 1010. The fourth-order valence-electron chi connectivity index (χ4n) is 3.51. The summed E-state index contributed by atoms with van der Waals surface area (Å²) in [5.74, 6) is 1.03. The number of rotatable bonds is 4. The summed E-state index contributed by atoms with van der Waals surface area (Å²) < 4.78 is 1.58. The molecule has 4 rings (SSSR count). The normalized spacial score (nSPS) is 16.7. The van der Waals surface area contributed by atoms with Crippen molar-refractivity contribution in [2.45, 2.75) is 26.2 Å². The molecule has 2 heterocycles. The molecule has 0 amide bonds. The van der Waals surface area contributed by atoms with Gasteiger partial charge in [0, 0.05) is 16.4 Å². The van der Waals surface area contributed by atoms with Gasteiger partial charge in [0.05, 0.1) is 17.7 Å². The number of hydrogen-bond acceptors (Lipinski definition) is 5. The molecule has 0 radical (unpaired) electrons. The van der Waals surface area contributed by atoms with Gasteiger partial charge in [-0.25, -0.2) is 9.55 Å². The molecule has 5 nitrogen and oxygen atoms in total. The van der Waals surface area contributed by atoms with Gasteiger partial charge in [-0.15, -0.1) is 11.3 Å². The Kier molecular flexibility index (Phi) is 4.73. The summed E-state index contributed by atoms with van der Waals surface area (Å²) in [6, 6.07) is 7.13. The third-order valence-corrected chi connectivity index (χ3v) is 6.24. The van der Waals surface area contributed by atoms with E-state index >= 15 is 0 Å². The van der Waals surface area contributed by atoms with Crippen LogP contribution in [0.5, 0.6) is 0 Å². The maximum absolute atomic E-state index is 13.4. The van der Waals surface area contributed by atoms with E-state index in [1.807, 2.05) is 12.1 Å². The number of anilines is 1. The third kappa shape index (κ3) is 3.02. The molecular formula is C19H20ClN3O2S. The molecule has 1 aliphatic carbocycles. The number of aromatic nitrogens is 2. The highest BCUT2D eigenvalue weighted by Gasteiger charge is 2.25. The summed E-state index contributed by atoms with van der Waals surface area (Å²) in [5.41, 5.74) is 1.81. The fourth-order valence-corrected chi connectivity index (χ4v) is 4.85. The third-order valence-electron chi connectivity index (χ3n) is 4.80. The van der Waals surface area contributed by atoms with E-state index in [-0.39, 0.29) is 12.2 Å². The first-order valence-electron chi connectivity index (χ1n) is 8.76. The van der Waals surface area contributed by atoms with Gasteiger partial charge < -0.3 is 10.4 Å². The molecule has 0 unspecified atom stereocenters. The van der Waals surface area contributed by atoms with Gasteiger partial charge in [0.2, 0.25) is 5.95 Å². The smallest absolute Gasteiger partial charge is 0.268 e. The number of hydrogen-bond donors (Lipinski definition) is 2. The number of aryl methyl sites for hydroxylation is 1. The minimum absolute atomic E-state index is 0.0347. The molecule has 0 bridgehead atoms. The van der Waals surface area contributed by atoms with Crippen molar-refractivity contribution in [3.8, 4) is 5.69 Å². The van der Waals surface area contributed by atoms with Crippen LogP contribution in [0.1, 0.15) is 23.8 Å². The molecule has 1 atom stereocenters. The maximum Gasteiger partial charge on any atom is 0.268 e. The van der Waals surface area contributed by atoms with Crippen LogP contribution in [0, 0.1) is 5.92 Å². The molecule has 0 saturated heterocycles. The number of fused-ring (bicyclic) bond motifs is 3. The molecule has 2 N–H and O–H groups in total. The molecule has 26 heavy (non-hydrogen) atoms. The lowest BCUT2D eigenvalue weighted by molar-refractivity contribution is 0.310. The fraction of sp³-hybridized carbons (Fsp3) is 0.368. The van der Waals surface area contributed by atoms with Crippen molar-refractivity contribution in [2.24, 2.45) is 5.92 Å². The van der Waals surface area contributed by atoms with Crippen molar-refractivity contribution in [1.82, 2.24) is 9.55 Å². The summed E-state index contributed by atoms with van der Waals surface area (Å²) in [5, 5.41) is 13.6. The average molecular weight is 390 g/mol. The van der Waals surface area contributed by atoms with E-state index in [2.05, 4.69) is 12.2 Å². The first kappa shape index (κ1) is 17.5. The van der Waals surface area contributed by atoms with E-state index in [4.69, 9.17) is 16.6 Å². The highest BCUT2D eigenvalue weighted by Crippen LogP contribution is 2.36. The van der Waals surface area contributed by atoms with Crippen LogP contribution in [0.3, 0.4) is 0 Å². The zero-order valence-electron chi connectivity index (χ0n) is 14.5. The lowest BCUT2D eigenvalue weighted by Crippen LogP contribution is -2.25. The van der Waals surface area contributed by atoms with Gasteiger partial charge in [-0.05, 0) is 55.0 Å².